The SMILES string of the molecule is CCOc1ccc(C(=O)NNC(=O)C2(c3ccc(Cl)cc3)CCC2)cc1. The molecule has 0 bridgehead atoms. The van der Waals surface area contributed by atoms with Crippen molar-refractivity contribution in [2.75, 3.05) is 6.61 Å². The predicted octanol–water partition coefficient (Wildman–Crippen LogP) is 3.62. The van der Waals surface area contributed by atoms with Crippen LogP contribution < -0.4 is 15.6 Å². The van der Waals surface area contributed by atoms with Gasteiger partial charge in [-0.15, -0.1) is 0 Å². The zero-order valence-corrected chi connectivity index (χ0v) is 15.3. The van der Waals surface area contributed by atoms with E-state index in [-0.39, 0.29) is 11.8 Å². The Morgan fingerprint density at radius 1 is 1.04 bits per heavy atom. The number of carbonyl (C=O) groups is 2. The van der Waals surface area contributed by atoms with Crippen molar-refractivity contribution in [2.45, 2.75) is 31.6 Å². The highest BCUT2D eigenvalue weighted by Crippen LogP contribution is 2.44. The predicted molar refractivity (Wildman–Crippen MR) is 100 cm³/mol. The van der Waals surface area contributed by atoms with E-state index in [2.05, 4.69) is 10.9 Å². The summed E-state index contributed by atoms with van der Waals surface area (Å²) in [6, 6.07) is 14.1. The lowest BCUT2D eigenvalue weighted by Crippen LogP contribution is -2.54. The monoisotopic (exact) mass is 372 g/mol. The summed E-state index contributed by atoms with van der Waals surface area (Å²) >= 11 is 5.94. The summed E-state index contributed by atoms with van der Waals surface area (Å²) in [6.07, 6.45) is 2.47. The van der Waals surface area contributed by atoms with Crippen molar-refractivity contribution in [3.63, 3.8) is 0 Å². The van der Waals surface area contributed by atoms with E-state index in [1.807, 2.05) is 19.1 Å². The minimum atomic E-state index is -0.601. The number of hydrazine groups is 1. The topological polar surface area (TPSA) is 67.4 Å². The molecule has 0 radical (unpaired) electrons. The first kappa shape index (κ1) is 18.3. The van der Waals surface area contributed by atoms with Gasteiger partial charge in [0.2, 0.25) is 5.91 Å². The molecule has 1 aliphatic carbocycles. The highest BCUT2D eigenvalue weighted by Gasteiger charge is 2.45. The Bertz CT molecular complexity index is 784. The van der Waals surface area contributed by atoms with E-state index < -0.39 is 5.41 Å². The van der Waals surface area contributed by atoms with E-state index in [1.165, 1.54) is 0 Å². The maximum Gasteiger partial charge on any atom is 0.269 e. The fourth-order valence-corrected chi connectivity index (χ4v) is 3.25. The Morgan fingerprint density at radius 2 is 1.69 bits per heavy atom. The molecule has 0 spiro atoms. The highest BCUT2D eigenvalue weighted by atomic mass is 35.5. The summed E-state index contributed by atoms with van der Waals surface area (Å²) in [5.74, 6) is 0.126. The fourth-order valence-electron chi connectivity index (χ4n) is 3.12. The molecule has 2 N–H and O–H groups in total. The molecule has 6 heteroatoms. The molecule has 2 amide bonds. The van der Waals surface area contributed by atoms with Gasteiger partial charge in [-0.1, -0.05) is 30.2 Å². The molecule has 0 unspecified atom stereocenters. The lowest BCUT2D eigenvalue weighted by atomic mass is 9.64. The number of rotatable bonds is 5. The first-order valence-corrected chi connectivity index (χ1v) is 9.02. The van der Waals surface area contributed by atoms with Crippen LogP contribution in [-0.2, 0) is 10.2 Å². The van der Waals surface area contributed by atoms with Crippen LogP contribution in [0, 0.1) is 0 Å². The molecule has 0 heterocycles. The van der Waals surface area contributed by atoms with E-state index in [1.54, 1.807) is 36.4 Å². The van der Waals surface area contributed by atoms with E-state index >= 15 is 0 Å². The molecule has 26 heavy (non-hydrogen) atoms. The summed E-state index contributed by atoms with van der Waals surface area (Å²) in [5.41, 5.74) is 5.84. The number of carbonyl (C=O) groups excluding carboxylic acids is 2. The van der Waals surface area contributed by atoms with Crippen LogP contribution in [0.5, 0.6) is 5.75 Å². The van der Waals surface area contributed by atoms with Gasteiger partial charge in [0.05, 0.1) is 12.0 Å². The summed E-state index contributed by atoms with van der Waals surface area (Å²) in [6.45, 7) is 2.46. The van der Waals surface area contributed by atoms with E-state index in [0.717, 1.165) is 24.8 Å². The molecule has 0 saturated heterocycles. The van der Waals surface area contributed by atoms with Gasteiger partial charge in [-0.25, -0.2) is 0 Å². The van der Waals surface area contributed by atoms with Crippen molar-refractivity contribution in [3.05, 3.63) is 64.7 Å². The summed E-state index contributed by atoms with van der Waals surface area (Å²) < 4.78 is 5.35. The first-order valence-electron chi connectivity index (χ1n) is 8.65. The molecule has 0 aliphatic heterocycles. The molecule has 3 rings (SSSR count). The average molecular weight is 373 g/mol. The van der Waals surface area contributed by atoms with Gasteiger partial charge in [0.15, 0.2) is 0 Å². The average Bonchev–Trinajstić information content (AvgIpc) is 2.61. The minimum absolute atomic E-state index is 0.203. The van der Waals surface area contributed by atoms with Crippen LogP contribution in [0.15, 0.2) is 48.5 Å². The third kappa shape index (κ3) is 3.68. The van der Waals surface area contributed by atoms with Crippen LogP contribution >= 0.6 is 11.6 Å². The normalized spacial score (nSPS) is 14.8. The zero-order chi connectivity index (χ0) is 18.6. The molecule has 0 atom stereocenters. The minimum Gasteiger partial charge on any atom is -0.494 e. The Kier molecular flexibility index (Phi) is 5.47. The maximum absolute atomic E-state index is 12.7. The van der Waals surface area contributed by atoms with Crippen LogP contribution in [0.4, 0.5) is 0 Å². The van der Waals surface area contributed by atoms with Gasteiger partial charge < -0.3 is 4.74 Å². The first-order chi connectivity index (χ1) is 12.5. The van der Waals surface area contributed by atoms with Crippen LogP contribution in [0.3, 0.4) is 0 Å². The summed E-state index contributed by atoms with van der Waals surface area (Å²) in [7, 11) is 0. The molecule has 2 aromatic rings. The third-order valence-electron chi connectivity index (χ3n) is 4.76. The second-order valence-electron chi connectivity index (χ2n) is 6.31. The second kappa shape index (κ2) is 7.79. The molecular weight excluding hydrogens is 352 g/mol. The van der Waals surface area contributed by atoms with E-state index in [0.29, 0.717) is 22.9 Å². The Balaban J connectivity index is 1.63. The lowest BCUT2D eigenvalue weighted by molar-refractivity contribution is -0.130. The van der Waals surface area contributed by atoms with Gasteiger partial charge >= 0.3 is 0 Å². The van der Waals surface area contributed by atoms with Crippen LogP contribution in [0.2, 0.25) is 5.02 Å². The quantitative estimate of drug-likeness (QED) is 0.788. The lowest BCUT2D eigenvalue weighted by Gasteiger charge is -2.40. The van der Waals surface area contributed by atoms with Crippen molar-refractivity contribution < 1.29 is 14.3 Å². The molecule has 136 valence electrons. The number of hydrogen-bond donors (Lipinski definition) is 2. The van der Waals surface area contributed by atoms with Gasteiger partial charge in [-0.3, -0.25) is 20.4 Å². The Morgan fingerprint density at radius 3 is 2.23 bits per heavy atom. The van der Waals surface area contributed by atoms with Crippen molar-refractivity contribution in [1.82, 2.24) is 10.9 Å². The number of nitrogens with one attached hydrogen (secondary N) is 2. The van der Waals surface area contributed by atoms with Gasteiger partial charge in [-0.05, 0) is 61.7 Å². The molecule has 5 nitrogen and oxygen atoms in total. The van der Waals surface area contributed by atoms with Crippen molar-refractivity contribution in [1.29, 1.82) is 0 Å². The smallest absolute Gasteiger partial charge is 0.269 e. The van der Waals surface area contributed by atoms with Crippen LogP contribution in [0.25, 0.3) is 0 Å². The molecule has 1 fully saturated rings. The van der Waals surface area contributed by atoms with Gasteiger partial charge in [-0.2, -0.15) is 0 Å². The molecular formula is C20H21ClN2O3. The van der Waals surface area contributed by atoms with Gasteiger partial charge in [0, 0.05) is 10.6 Å². The molecule has 0 aromatic heterocycles. The molecule has 1 saturated carbocycles. The molecule has 2 aromatic carbocycles. The van der Waals surface area contributed by atoms with Gasteiger partial charge in [0.25, 0.3) is 5.91 Å². The second-order valence-corrected chi connectivity index (χ2v) is 6.74. The Hall–Kier alpha value is -2.53. The zero-order valence-electron chi connectivity index (χ0n) is 14.5. The Labute approximate surface area is 157 Å². The third-order valence-corrected chi connectivity index (χ3v) is 5.01. The van der Waals surface area contributed by atoms with Crippen molar-refractivity contribution >= 4 is 23.4 Å². The summed E-state index contributed by atoms with van der Waals surface area (Å²) in [5, 5.41) is 0.632. The number of hydrogen-bond acceptors (Lipinski definition) is 3. The number of amides is 2. The number of benzene rings is 2. The standard InChI is InChI=1S/C20H21ClN2O3/c1-2-26-17-10-4-14(5-11-17)18(24)22-23-19(25)20(12-3-13-20)15-6-8-16(21)9-7-15/h4-11H,2-3,12-13H2,1H3,(H,22,24)(H,23,25). The number of ether oxygens (including phenoxy) is 1. The maximum atomic E-state index is 12.7. The highest BCUT2D eigenvalue weighted by molar-refractivity contribution is 6.30. The largest absolute Gasteiger partial charge is 0.494 e. The molecule has 1 aliphatic rings. The van der Waals surface area contributed by atoms with Gasteiger partial charge in [0.1, 0.15) is 5.75 Å². The summed E-state index contributed by atoms with van der Waals surface area (Å²) in [4.78, 5) is 25.0. The van der Waals surface area contributed by atoms with E-state index in [9.17, 15) is 9.59 Å². The number of halogens is 1. The van der Waals surface area contributed by atoms with E-state index in [4.69, 9.17) is 16.3 Å². The van der Waals surface area contributed by atoms with Crippen molar-refractivity contribution in [2.24, 2.45) is 0 Å². The van der Waals surface area contributed by atoms with Crippen LogP contribution in [-0.4, -0.2) is 18.4 Å². The fraction of sp³-hybridized carbons (Fsp3) is 0.300. The van der Waals surface area contributed by atoms with Crippen molar-refractivity contribution in [3.8, 4) is 5.75 Å². The van der Waals surface area contributed by atoms with Crippen LogP contribution in [0.1, 0.15) is 42.1 Å².